The van der Waals surface area contributed by atoms with E-state index < -0.39 is 0 Å². The SMILES string of the molecule is Cc1cccc(-c2sccc2C(=O)N2C[C@@H]3C[C@@H]3[C@H]2CNC(=O)c2cccc3c2NCCO3)c1. The van der Waals surface area contributed by atoms with E-state index >= 15 is 0 Å². The summed E-state index contributed by atoms with van der Waals surface area (Å²) in [6.07, 6.45) is 1.13. The summed E-state index contributed by atoms with van der Waals surface area (Å²) in [4.78, 5) is 29.7. The highest BCUT2D eigenvalue weighted by molar-refractivity contribution is 7.14. The van der Waals surface area contributed by atoms with Crippen LogP contribution in [0.3, 0.4) is 0 Å². The number of hydrogen-bond acceptors (Lipinski definition) is 5. The number of benzene rings is 2. The van der Waals surface area contributed by atoms with Crippen molar-refractivity contribution in [2.45, 2.75) is 19.4 Å². The number of para-hydroxylation sites is 1. The first-order valence-corrected chi connectivity index (χ1v) is 12.7. The summed E-state index contributed by atoms with van der Waals surface area (Å²) < 4.78 is 5.67. The summed E-state index contributed by atoms with van der Waals surface area (Å²) in [6, 6.07) is 15.8. The molecule has 2 aromatic carbocycles. The molecule has 0 radical (unpaired) electrons. The number of rotatable bonds is 5. The van der Waals surface area contributed by atoms with E-state index in [4.69, 9.17) is 4.74 Å². The summed E-state index contributed by atoms with van der Waals surface area (Å²) >= 11 is 1.60. The fourth-order valence-electron chi connectivity index (χ4n) is 5.36. The van der Waals surface area contributed by atoms with E-state index in [-0.39, 0.29) is 17.9 Å². The standard InChI is InChI=1S/C27H27N3O3S/c1-16-4-2-5-17(12-16)25-20(8-11-34-25)27(32)30-15-18-13-21(18)22(30)14-29-26(31)19-6-3-7-23-24(19)28-9-10-33-23/h2-8,11-12,18,21-22,28H,9-10,13-15H2,1H3,(H,29,31)/t18-,21-,22+/m0/s1. The van der Waals surface area contributed by atoms with Crippen molar-refractivity contribution in [3.8, 4) is 16.2 Å². The lowest BCUT2D eigenvalue weighted by atomic mass is 10.1. The average Bonchev–Trinajstić information content (AvgIpc) is 3.28. The van der Waals surface area contributed by atoms with Gasteiger partial charge in [0.05, 0.1) is 22.9 Å². The molecule has 1 saturated heterocycles. The molecular formula is C27H27N3O3S. The van der Waals surface area contributed by atoms with Gasteiger partial charge in [-0.2, -0.15) is 0 Å². The van der Waals surface area contributed by atoms with Gasteiger partial charge >= 0.3 is 0 Å². The topological polar surface area (TPSA) is 70.7 Å². The smallest absolute Gasteiger partial charge is 0.255 e. The van der Waals surface area contributed by atoms with Crippen molar-refractivity contribution in [1.29, 1.82) is 0 Å². The van der Waals surface area contributed by atoms with E-state index in [1.807, 2.05) is 40.6 Å². The monoisotopic (exact) mass is 473 g/mol. The molecule has 3 heterocycles. The molecule has 2 aliphatic heterocycles. The van der Waals surface area contributed by atoms with Gasteiger partial charge in [-0.05, 0) is 54.3 Å². The fraction of sp³-hybridized carbons (Fsp3) is 0.333. The average molecular weight is 474 g/mol. The number of hydrogen-bond donors (Lipinski definition) is 2. The second kappa shape index (κ2) is 8.47. The van der Waals surface area contributed by atoms with Crippen molar-refractivity contribution < 1.29 is 14.3 Å². The summed E-state index contributed by atoms with van der Waals surface area (Å²) in [6.45, 7) is 4.56. The number of carbonyl (C=O) groups is 2. The molecule has 0 bridgehead atoms. The Kier molecular flexibility index (Phi) is 5.29. The molecular weight excluding hydrogens is 446 g/mol. The van der Waals surface area contributed by atoms with Crippen LogP contribution in [0.25, 0.3) is 10.4 Å². The molecule has 6 rings (SSSR count). The van der Waals surface area contributed by atoms with E-state index in [2.05, 4.69) is 35.8 Å². The zero-order valence-corrected chi connectivity index (χ0v) is 19.9. The predicted molar refractivity (Wildman–Crippen MR) is 134 cm³/mol. The van der Waals surface area contributed by atoms with Crippen LogP contribution in [0.5, 0.6) is 5.75 Å². The molecule has 1 aliphatic carbocycles. The van der Waals surface area contributed by atoms with Gasteiger partial charge in [-0.3, -0.25) is 9.59 Å². The predicted octanol–water partition coefficient (Wildman–Crippen LogP) is 4.42. The van der Waals surface area contributed by atoms with Crippen molar-refractivity contribution in [3.63, 3.8) is 0 Å². The summed E-state index contributed by atoms with van der Waals surface area (Å²) in [5.41, 5.74) is 4.34. The van der Waals surface area contributed by atoms with E-state index in [0.717, 1.165) is 34.7 Å². The molecule has 2 N–H and O–H groups in total. The third-order valence-electron chi connectivity index (χ3n) is 7.14. The Morgan fingerprint density at radius 1 is 1.18 bits per heavy atom. The number of aryl methyl sites for hydroxylation is 1. The number of nitrogens with zero attached hydrogens (tertiary/aromatic N) is 1. The maximum Gasteiger partial charge on any atom is 0.255 e. The summed E-state index contributed by atoms with van der Waals surface area (Å²) in [7, 11) is 0. The number of anilines is 1. The molecule has 1 saturated carbocycles. The lowest BCUT2D eigenvalue weighted by Gasteiger charge is -2.28. The van der Waals surface area contributed by atoms with E-state index in [1.54, 1.807) is 11.3 Å². The van der Waals surface area contributed by atoms with Crippen LogP contribution in [-0.4, -0.2) is 49.0 Å². The van der Waals surface area contributed by atoms with Crippen LogP contribution in [0.4, 0.5) is 5.69 Å². The maximum absolute atomic E-state index is 13.7. The minimum Gasteiger partial charge on any atom is -0.490 e. The Hall–Kier alpha value is -3.32. The quantitative estimate of drug-likeness (QED) is 0.576. The molecule has 0 unspecified atom stereocenters. The molecule has 1 aromatic heterocycles. The Bertz CT molecular complexity index is 1270. The normalized spacial score (nSPS) is 22.3. The molecule has 34 heavy (non-hydrogen) atoms. The molecule has 174 valence electrons. The van der Waals surface area contributed by atoms with Crippen LogP contribution >= 0.6 is 11.3 Å². The first kappa shape index (κ1) is 21.2. The van der Waals surface area contributed by atoms with Crippen molar-refractivity contribution in [3.05, 3.63) is 70.6 Å². The van der Waals surface area contributed by atoms with Gasteiger partial charge < -0.3 is 20.3 Å². The number of ether oxygens (including phenoxy) is 1. The number of likely N-dealkylation sites (tertiary alicyclic amines) is 1. The Morgan fingerprint density at radius 2 is 2.06 bits per heavy atom. The van der Waals surface area contributed by atoms with E-state index in [0.29, 0.717) is 42.8 Å². The number of amides is 2. The zero-order valence-electron chi connectivity index (χ0n) is 19.0. The van der Waals surface area contributed by atoms with Crippen LogP contribution in [0.15, 0.2) is 53.9 Å². The van der Waals surface area contributed by atoms with Crippen LogP contribution in [0.2, 0.25) is 0 Å². The number of fused-ring (bicyclic) bond motifs is 2. The Labute approximate surface area is 202 Å². The third-order valence-corrected chi connectivity index (χ3v) is 8.11. The highest BCUT2D eigenvalue weighted by Gasteiger charge is 2.54. The third kappa shape index (κ3) is 3.74. The van der Waals surface area contributed by atoms with E-state index in [1.165, 1.54) is 5.56 Å². The largest absolute Gasteiger partial charge is 0.490 e. The number of carbonyl (C=O) groups excluding carboxylic acids is 2. The fourth-order valence-corrected chi connectivity index (χ4v) is 6.25. The molecule has 3 atom stereocenters. The van der Waals surface area contributed by atoms with Crippen LogP contribution in [0.1, 0.15) is 32.7 Å². The second-order valence-corrected chi connectivity index (χ2v) is 10.3. The summed E-state index contributed by atoms with van der Waals surface area (Å²) in [5, 5.41) is 8.38. The van der Waals surface area contributed by atoms with Crippen molar-refractivity contribution in [1.82, 2.24) is 10.2 Å². The van der Waals surface area contributed by atoms with E-state index in [9.17, 15) is 9.59 Å². The van der Waals surface area contributed by atoms with Gasteiger partial charge in [-0.15, -0.1) is 11.3 Å². The van der Waals surface area contributed by atoms with Gasteiger partial charge in [-0.25, -0.2) is 0 Å². The lowest BCUT2D eigenvalue weighted by molar-refractivity contribution is 0.0696. The lowest BCUT2D eigenvalue weighted by Crippen LogP contribution is -2.45. The molecule has 3 aromatic rings. The van der Waals surface area contributed by atoms with Crippen LogP contribution < -0.4 is 15.4 Å². The first-order chi connectivity index (χ1) is 16.6. The van der Waals surface area contributed by atoms with Gasteiger partial charge in [0.15, 0.2) is 0 Å². The molecule has 2 fully saturated rings. The van der Waals surface area contributed by atoms with Crippen molar-refractivity contribution in [2.24, 2.45) is 11.8 Å². The minimum atomic E-state index is -0.137. The molecule has 7 heteroatoms. The first-order valence-electron chi connectivity index (χ1n) is 11.8. The molecule has 2 amide bonds. The van der Waals surface area contributed by atoms with Gasteiger partial charge in [-0.1, -0.05) is 35.9 Å². The number of piperidine rings is 1. The van der Waals surface area contributed by atoms with Gasteiger partial charge in [0.25, 0.3) is 11.8 Å². The Balaban J connectivity index is 1.20. The van der Waals surface area contributed by atoms with Crippen molar-refractivity contribution >= 4 is 28.8 Å². The highest BCUT2D eigenvalue weighted by Crippen LogP contribution is 2.50. The molecule has 0 spiro atoms. The second-order valence-electron chi connectivity index (χ2n) is 9.38. The number of thiophene rings is 1. The van der Waals surface area contributed by atoms with Crippen LogP contribution in [-0.2, 0) is 0 Å². The zero-order chi connectivity index (χ0) is 23.2. The van der Waals surface area contributed by atoms with Crippen molar-refractivity contribution in [2.75, 3.05) is 31.6 Å². The number of nitrogens with one attached hydrogen (secondary N) is 2. The van der Waals surface area contributed by atoms with Gasteiger partial charge in [0.2, 0.25) is 0 Å². The Morgan fingerprint density at radius 3 is 2.94 bits per heavy atom. The van der Waals surface area contributed by atoms with Gasteiger partial charge in [0, 0.05) is 24.5 Å². The van der Waals surface area contributed by atoms with Gasteiger partial charge in [0.1, 0.15) is 12.4 Å². The highest BCUT2D eigenvalue weighted by atomic mass is 32.1. The maximum atomic E-state index is 13.7. The molecule has 6 nitrogen and oxygen atoms in total. The van der Waals surface area contributed by atoms with Crippen LogP contribution in [0, 0.1) is 18.8 Å². The minimum absolute atomic E-state index is 0.0236. The molecule has 3 aliphatic rings. The summed E-state index contributed by atoms with van der Waals surface area (Å²) in [5.74, 6) is 1.65.